The first-order chi connectivity index (χ1) is 13.5. The third-order valence-corrected chi connectivity index (χ3v) is 5.35. The van der Waals surface area contributed by atoms with E-state index in [1.165, 1.54) is 0 Å². The Morgan fingerprint density at radius 3 is 2.24 bits per heavy atom. The zero-order valence-corrected chi connectivity index (χ0v) is 16.1. The number of halogens is 5. The van der Waals surface area contributed by atoms with Crippen LogP contribution in [0.1, 0.15) is 35.2 Å². The molecule has 0 saturated heterocycles. The molecule has 2 amide bonds. The Kier molecular flexibility index (Phi) is 5.70. The maximum Gasteiger partial charge on any atom is 0.473 e. The summed E-state index contributed by atoms with van der Waals surface area (Å²) < 4.78 is 37.2. The molecule has 0 bridgehead atoms. The topological polar surface area (TPSA) is 101 Å². The number of alkyl halides is 3. The Hall–Kier alpha value is -2.43. The van der Waals surface area contributed by atoms with E-state index >= 15 is 0 Å². The molecular formula is C17H14Cl2F3N5O2. The molecule has 0 aliphatic heterocycles. The maximum absolute atomic E-state index is 12.4. The molecule has 1 aliphatic carbocycles. The van der Waals surface area contributed by atoms with Crippen LogP contribution in [0.5, 0.6) is 0 Å². The summed E-state index contributed by atoms with van der Waals surface area (Å²) in [6.45, 7) is 0. The van der Waals surface area contributed by atoms with E-state index in [-0.39, 0.29) is 11.5 Å². The number of benzene rings is 1. The van der Waals surface area contributed by atoms with Crippen molar-refractivity contribution in [3.8, 4) is 0 Å². The first-order valence-electron chi connectivity index (χ1n) is 8.29. The Bertz CT molecular complexity index is 949. The minimum absolute atomic E-state index is 0.151. The van der Waals surface area contributed by atoms with E-state index in [9.17, 15) is 22.8 Å². The van der Waals surface area contributed by atoms with Gasteiger partial charge in [0.05, 0.1) is 21.1 Å². The molecule has 0 atom stereocenters. The summed E-state index contributed by atoms with van der Waals surface area (Å²) >= 11 is 12.1. The van der Waals surface area contributed by atoms with Gasteiger partial charge in [-0.3, -0.25) is 9.59 Å². The predicted molar refractivity (Wildman–Crippen MR) is 99.1 cm³/mol. The van der Waals surface area contributed by atoms with Crippen molar-refractivity contribution < 1.29 is 22.8 Å². The van der Waals surface area contributed by atoms with E-state index in [1.807, 2.05) is 6.07 Å². The number of amides is 2. The highest BCUT2D eigenvalue weighted by Gasteiger charge is 2.44. The van der Waals surface area contributed by atoms with Crippen molar-refractivity contribution >= 4 is 41.0 Å². The van der Waals surface area contributed by atoms with Gasteiger partial charge in [0.15, 0.2) is 0 Å². The highest BCUT2D eigenvalue weighted by Crippen LogP contribution is 2.44. The van der Waals surface area contributed by atoms with Gasteiger partial charge in [0, 0.05) is 12.4 Å². The van der Waals surface area contributed by atoms with Crippen LogP contribution < -0.4 is 11.2 Å². The number of nitrogens with zero attached hydrogens (tertiary/aromatic N) is 3. The molecule has 1 aromatic heterocycles. The smallest absolute Gasteiger partial charge is 0.345 e. The average Bonchev–Trinajstić information content (AvgIpc) is 2.65. The summed E-state index contributed by atoms with van der Waals surface area (Å²) in [4.78, 5) is 30.9. The Morgan fingerprint density at radius 2 is 1.76 bits per heavy atom. The summed E-state index contributed by atoms with van der Waals surface area (Å²) in [5, 5.41) is 3.47. The van der Waals surface area contributed by atoms with Crippen LogP contribution in [-0.2, 0) is 10.3 Å². The van der Waals surface area contributed by atoms with Crippen LogP contribution in [0, 0.1) is 0 Å². The third kappa shape index (κ3) is 4.29. The number of rotatable bonds is 4. The zero-order valence-electron chi connectivity index (χ0n) is 14.6. The molecule has 1 saturated carbocycles. The minimum atomic E-state index is -5.27. The molecule has 12 heteroatoms. The number of nitrogens with one attached hydrogen (secondary N) is 1. The van der Waals surface area contributed by atoms with Gasteiger partial charge in [-0.25, -0.2) is 20.8 Å². The third-order valence-electron chi connectivity index (χ3n) is 4.61. The van der Waals surface area contributed by atoms with Crippen molar-refractivity contribution in [3.05, 3.63) is 51.8 Å². The van der Waals surface area contributed by atoms with Crippen LogP contribution in [-0.4, -0.2) is 33.0 Å². The molecule has 7 nitrogen and oxygen atoms in total. The predicted octanol–water partition coefficient (Wildman–Crippen LogP) is 3.68. The van der Waals surface area contributed by atoms with Gasteiger partial charge >= 0.3 is 12.1 Å². The lowest BCUT2D eigenvalue weighted by Gasteiger charge is -2.43. The van der Waals surface area contributed by atoms with Crippen LogP contribution >= 0.6 is 23.2 Å². The van der Waals surface area contributed by atoms with E-state index in [2.05, 4.69) is 15.3 Å². The lowest BCUT2D eigenvalue weighted by atomic mass is 9.72. The van der Waals surface area contributed by atoms with Gasteiger partial charge in [-0.05, 0) is 37.0 Å². The fourth-order valence-electron chi connectivity index (χ4n) is 2.89. The second-order valence-corrected chi connectivity index (χ2v) is 7.28. The second kappa shape index (κ2) is 7.77. The molecule has 0 radical (unpaired) electrons. The minimum Gasteiger partial charge on any atom is -0.345 e. The zero-order chi connectivity index (χ0) is 21.4. The standard InChI is InChI=1S/C17H14Cl2F3N5O2/c18-11-3-2-10(6-12(11)19)16(4-1-5-16)26-15-24-7-9(8-25-15)13(28)27(23)14(29)17(20,21)22/h2-3,6-8H,1,4-5,23H2,(H,24,25,26). The number of nitrogens with two attached hydrogens (primary N) is 1. The monoisotopic (exact) mass is 447 g/mol. The van der Waals surface area contributed by atoms with E-state index in [0.29, 0.717) is 10.0 Å². The number of hydrogen-bond donors (Lipinski definition) is 2. The summed E-state index contributed by atoms with van der Waals surface area (Å²) in [6, 6.07) is 5.24. The van der Waals surface area contributed by atoms with Gasteiger partial charge in [-0.1, -0.05) is 29.3 Å². The molecule has 29 heavy (non-hydrogen) atoms. The van der Waals surface area contributed by atoms with Crippen LogP contribution in [0.4, 0.5) is 19.1 Å². The van der Waals surface area contributed by atoms with Crippen molar-refractivity contribution in [2.24, 2.45) is 5.84 Å². The number of carbonyl (C=O) groups excluding carboxylic acids is 2. The average molecular weight is 448 g/mol. The van der Waals surface area contributed by atoms with Crippen molar-refractivity contribution in [1.29, 1.82) is 0 Å². The Balaban J connectivity index is 1.77. The van der Waals surface area contributed by atoms with E-state index in [0.717, 1.165) is 37.2 Å². The van der Waals surface area contributed by atoms with Crippen LogP contribution in [0.3, 0.4) is 0 Å². The molecule has 1 fully saturated rings. The number of hydrogen-bond acceptors (Lipinski definition) is 6. The van der Waals surface area contributed by atoms with Crippen molar-refractivity contribution in [1.82, 2.24) is 15.0 Å². The number of imide groups is 1. The second-order valence-electron chi connectivity index (χ2n) is 6.46. The fourth-order valence-corrected chi connectivity index (χ4v) is 3.19. The van der Waals surface area contributed by atoms with Gasteiger partial charge in [0.1, 0.15) is 0 Å². The molecule has 1 heterocycles. The van der Waals surface area contributed by atoms with E-state index in [4.69, 9.17) is 29.0 Å². The molecule has 0 spiro atoms. The molecule has 2 aromatic rings. The van der Waals surface area contributed by atoms with Gasteiger partial charge in [0.2, 0.25) is 5.95 Å². The number of hydrazine groups is 1. The largest absolute Gasteiger partial charge is 0.473 e. The SMILES string of the molecule is NN(C(=O)c1cnc(NC2(c3ccc(Cl)c(Cl)c3)CCC2)nc1)C(=O)C(F)(F)F. The highest BCUT2D eigenvalue weighted by atomic mass is 35.5. The number of carbonyl (C=O) groups is 2. The van der Waals surface area contributed by atoms with Gasteiger partial charge < -0.3 is 5.32 Å². The highest BCUT2D eigenvalue weighted by molar-refractivity contribution is 6.42. The normalized spacial score (nSPS) is 15.4. The van der Waals surface area contributed by atoms with Crippen LogP contribution in [0.15, 0.2) is 30.6 Å². The molecule has 3 N–H and O–H groups in total. The summed E-state index contributed by atoms with van der Waals surface area (Å²) in [5.41, 5.74) is 0.0324. The van der Waals surface area contributed by atoms with Gasteiger partial charge in [-0.2, -0.15) is 13.2 Å². The summed E-state index contributed by atoms with van der Waals surface area (Å²) in [6.07, 6.45) is -0.809. The lowest BCUT2D eigenvalue weighted by Crippen LogP contribution is -2.49. The van der Waals surface area contributed by atoms with Crippen molar-refractivity contribution in [3.63, 3.8) is 0 Å². The molecule has 3 rings (SSSR count). The van der Waals surface area contributed by atoms with E-state index < -0.39 is 28.5 Å². The van der Waals surface area contributed by atoms with Crippen molar-refractivity contribution in [2.75, 3.05) is 5.32 Å². The Labute approximate surface area is 173 Å². The van der Waals surface area contributed by atoms with Gasteiger partial charge in [0.25, 0.3) is 5.91 Å². The maximum atomic E-state index is 12.4. The first kappa shape index (κ1) is 21.3. The quantitative estimate of drug-likeness (QED) is 0.421. The molecular weight excluding hydrogens is 434 g/mol. The number of anilines is 1. The van der Waals surface area contributed by atoms with E-state index in [1.54, 1.807) is 12.1 Å². The molecule has 0 unspecified atom stereocenters. The Morgan fingerprint density at radius 1 is 1.14 bits per heavy atom. The van der Waals surface area contributed by atoms with Gasteiger partial charge in [-0.15, -0.1) is 0 Å². The van der Waals surface area contributed by atoms with Crippen molar-refractivity contribution in [2.45, 2.75) is 31.0 Å². The lowest BCUT2D eigenvalue weighted by molar-refractivity contribution is -0.182. The first-order valence-corrected chi connectivity index (χ1v) is 9.05. The summed E-state index contributed by atoms with van der Waals surface area (Å²) in [5.74, 6) is 1.26. The van der Waals surface area contributed by atoms with Crippen LogP contribution in [0.25, 0.3) is 0 Å². The molecule has 154 valence electrons. The fraction of sp³-hybridized carbons (Fsp3) is 0.294. The molecule has 1 aromatic carbocycles. The molecule has 1 aliphatic rings. The van der Waals surface area contributed by atoms with Crippen LogP contribution in [0.2, 0.25) is 10.0 Å². The number of aromatic nitrogens is 2. The summed E-state index contributed by atoms with van der Waals surface area (Å²) in [7, 11) is 0.